The Morgan fingerprint density at radius 3 is 2.59 bits per heavy atom. The van der Waals surface area contributed by atoms with E-state index in [9.17, 15) is 13.2 Å². The first-order valence-electron chi connectivity index (χ1n) is 10.4. The fourth-order valence-electron chi connectivity index (χ4n) is 3.59. The first kappa shape index (κ1) is 22.7. The molecule has 0 atom stereocenters. The fourth-order valence-corrected chi connectivity index (χ4v) is 5.37. The lowest BCUT2D eigenvalue weighted by Gasteiger charge is -2.29. The lowest BCUT2D eigenvalue weighted by Crippen LogP contribution is -2.37. The molecule has 0 saturated carbocycles. The highest BCUT2D eigenvalue weighted by Gasteiger charge is 2.28. The van der Waals surface area contributed by atoms with Crippen molar-refractivity contribution in [2.75, 3.05) is 25.0 Å². The highest BCUT2D eigenvalue weighted by Crippen LogP contribution is 2.25. The van der Waals surface area contributed by atoms with Crippen molar-refractivity contribution in [3.05, 3.63) is 64.6 Å². The van der Waals surface area contributed by atoms with Crippen molar-refractivity contribution in [1.82, 2.24) is 9.46 Å². The number of Topliss-reactive ketones (excluding diaryl/α,β-unsaturated/α-hetero) is 1. The number of piperidine rings is 1. The molecule has 9 heteroatoms. The van der Waals surface area contributed by atoms with E-state index in [1.165, 1.54) is 10.4 Å². The Bertz CT molecular complexity index is 1200. The number of carbonyl (C=O) groups excluding carboxylic acids is 1. The van der Waals surface area contributed by atoms with Crippen LogP contribution in [0.4, 0.5) is 5.88 Å². The molecule has 3 aromatic rings. The van der Waals surface area contributed by atoms with Crippen molar-refractivity contribution in [3.8, 4) is 11.3 Å². The molecule has 1 fully saturated rings. The van der Waals surface area contributed by atoms with Crippen LogP contribution in [-0.2, 0) is 10.0 Å². The summed E-state index contributed by atoms with van der Waals surface area (Å²) in [6, 6.07) is 15.6. The molecule has 2 aromatic carbocycles. The molecule has 0 amide bonds. The van der Waals surface area contributed by atoms with Crippen molar-refractivity contribution in [1.29, 1.82) is 0 Å². The van der Waals surface area contributed by atoms with Gasteiger partial charge in [0, 0.05) is 34.8 Å². The molecular formula is C23H24BrN3O4S. The lowest BCUT2D eigenvalue weighted by molar-refractivity contribution is 0.100. The highest BCUT2D eigenvalue weighted by molar-refractivity contribution is 9.10. The number of anilines is 1. The van der Waals surface area contributed by atoms with Crippen LogP contribution in [0.5, 0.6) is 0 Å². The number of ketones is 1. The number of hydrogen-bond acceptors (Lipinski definition) is 6. The summed E-state index contributed by atoms with van der Waals surface area (Å²) < 4.78 is 33.7. The van der Waals surface area contributed by atoms with Crippen molar-refractivity contribution in [3.63, 3.8) is 0 Å². The SMILES string of the molecule is CC1CCN(S(=O)(=O)c2cccc(C(=O)CNc3cc(-c4ccc(Br)cc4)no3)c2)CC1. The van der Waals surface area contributed by atoms with E-state index in [-0.39, 0.29) is 17.2 Å². The number of aromatic nitrogens is 1. The van der Waals surface area contributed by atoms with Crippen molar-refractivity contribution in [2.45, 2.75) is 24.7 Å². The lowest BCUT2D eigenvalue weighted by atomic mass is 10.0. The number of halogens is 1. The van der Waals surface area contributed by atoms with Crippen LogP contribution in [0.25, 0.3) is 11.3 Å². The molecule has 0 unspecified atom stereocenters. The maximum Gasteiger partial charge on any atom is 0.243 e. The van der Waals surface area contributed by atoms with E-state index in [2.05, 4.69) is 33.3 Å². The minimum Gasteiger partial charge on any atom is -0.347 e. The van der Waals surface area contributed by atoms with Crippen LogP contribution in [0.3, 0.4) is 0 Å². The van der Waals surface area contributed by atoms with Gasteiger partial charge in [0.05, 0.1) is 11.4 Å². The summed E-state index contributed by atoms with van der Waals surface area (Å²) in [5, 5.41) is 6.94. The zero-order chi connectivity index (χ0) is 22.7. The second kappa shape index (κ2) is 9.56. The molecule has 4 rings (SSSR count). The average Bonchev–Trinajstić information content (AvgIpc) is 3.27. The molecule has 0 spiro atoms. The number of sulfonamides is 1. The van der Waals surface area contributed by atoms with Gasteiger partial charge in [-0.3, -0.25) is 4.79 Å². The van der Waals surface area contributed by atoms with Crippen molar-refractivity contribution < 1.29 is 17.7 Å². The van der Waals surface area contributed by atoms with Gasteiger partial charge in [0.15, 0.2) is 5.78 Å². The number of nitrogens with zero attached hydrogens (tertiary/aromatic N) is 2. The third-order valence-corrected chi connectivity index (χ3v) is 8.03. The van der Waals surface area contributed by atoms with Crippen molar-refractivity contribution in [2.24, 2.45) is 5.92 Å². The zero-order valence-electron chi connectivity index (χ0n) is 17.6. The number of rotatable bonds is 7. The first-order valence-corrected chi connectivity index (χ1v) is 12.7. The molecule has 1 saturated heterocycles. The van der Waals surface area contributed by atoms with Gasteiger partial charge >= 0.3 is 0 Å². The third-order valence-electron chi connectivity index (χ3n) is 5.61. The van der Waals surface area contributed by atoms with Gasteiger partial charge < -0.3 is 9.84 Å². The van der Waals surface area contributed by atoms with Gasteiger partial charge in [0.25, 0.3) is 0 Å². The topological polar surface area (TPSA) is 92.5 Å². The number of nitrogens with one attached hydrogen (secondary N) is 1. The van der Waals surface area contributed by atoms with Gasteiger partial charge in [-0.05, 0) is 43.0 Å². The van der Waals surface area contributed by atoms with Crippen LogP contribution >= 0.6 is 15.9 Å². The zero-order valence-corrected chi connectivity index (χ0v) is 20.0. The van der Waals surface area contributed by atoms with Gasteiger partial charge in [-0.25, -0.2) is 8.42 Å². The summed E-state index contributed by atoms with van der Waals surface area (Å²) in [5.41, 5.74) is 1.87. The number of benzene rings is 2. The van der Waals surface area contributed by atoms with E-state index in [1.54, 1.807) is 24.3 Å². The van der Waals surface area contributed by atoms with Gasteiger partial charge in [0.2, 0.25) is 15.9 Å². The van der Waals surface area contributed by atoms with Crippen LogP contribution in [0.2, 0.25) is 0 Å². The highest BCUT2D eigenvalue weighted by atomic mass is 79.9. The molecule has 7 nitrogen and oxygen atoms in total. The molecule has 2 heterocycles. The normalized spacial score (nSPS) is 15.6. The van der Waals surface area contributed by atoms with E-state index < -0.39 is 10.0 Å². The molecule has 1 N–H and O–H groups in total. The third kappa shape index (κ3) is 5.11. The summed E-state index contributed by atoms with van der Waals surface area (Å²) in [6.45, 7) is 3.11. The second-order valence-corrected chi connectivity index (χ2v) is 10.8. The Labute approximate surface area is 196 Å². The quantitative estimate of drug-likeness (QED) is 0.451. The fraction of sp³-hybridized carbons (Fsp3) is 0.304. The monoisotopic (exact) mass is 517 g/mol. The Hall–Kier alpha value is -2.49. The molecule has 0 radical (unpaired) electrons. The Kier molecular flexibility index (Phi) is 6.78. The van der Waals surface area contributed by atoms with Crippen molar-refractivity contribution >= 4 is 37.6 Å². The van der Waals surface area contributed by atoms with Gasteiger partial charge in [-0.15, -0.1) is 0 Å². The molecule has 1 aromatic heterocycles. The van der Waals surface area contributed by atoms with Gasteiger partial charge in [-0.2, -0.15) is 4.31 Å². The average molecular weight is 518 g/mol. The maximum atomic E-state index is 13.0. The largest absolute Gasteiger partial charge is 0.347 e. The van der Waals surface area contributed by atoms with Gasteiger partial charge in [-0.1, -0.05) is 52.3 Å². The minimum absolute atomic E-state index is 0.0420. The Balaban J connectivity index is 1.42. The van der Waals surface area contributed by atoms with E-state index in [1.807, 2.05) is 24.3 Å². The number of carbonyl (C=O) groups is 1. The molecular weight excluding hydrogens is 494 g/mol. The summed E-state index contributed by atoms with van der Waals surface area (Å²) >= 11 is 3.39. The predicted octanol–water partition coefficient (Wildman–Crippen LogP) is 4.82. The van der Waals surface area contributed by atoms with Crippen LogP contribution in [0.1, 0.15) is 30.1 Å². The van der Waals surface area contributed by atoms with Crippen LogP contribution in [0, 0.1) is 5.92 Å². The minimum atomic E-state index is -3.61. The molecule has 1 aliphatic heterocycles. The summed E-state index contributed by atoms with van der Waals surface area (Å²) in [5.74, 6) is 0.652. The summed E-state index contributed by atoms with van der Waals surface area (Å²) in [4.78, 5) is 12.8. The van der Waals surface area contributed by atoms with E-state index in [4.69, 9.17) is 4.52 Å². The van der Waals surface area contributed by atoms with E-state index in [0.29, 0.717) is 36.1 Å². The standard InChI is InChI=1S/C23H24BrN3O4S/c1-16-9-11-27(12-10-16)32(29,30)20-4-2-3-18(13-20)22(28)15-25-23-14-21(26-31-23)17-5-7-19(24)8-6-17/h2-8,13-14,16,25H,9-12,15H2,1H3. The molecule has 168 valence electrons. The smallest absolute Gasteiger partial charge is 0.243 e. The Morgan fingerprint density at radius 2 is 1.88 bits per heavy atom. The van der Waals surface area contributed by atoms with Crippen LogP contribution in [0.15, 0.2) is 68.5 Å². The van der Waals surface area contributed by atoms with Gasteiger partial charge in [0.1, 0.15) is 5.69 Å². The second-order valence-electron chi connectivity index (χ2n) is 7.97. The molecule has 0 bridgehead atoms. The summed E-state index contributed by atoms with van der Waals surface area (Å²) in [6.07, 6.45) is 1.70. The molecule has 1 aliphatic rings. The predicted molar refractivity (Wildman–Crippen MR) is 126 cm³/mol. The maximum absolute atomic E-state index is 13.0. The van der Waals surface area contributed by atoms with Crippen LogP contribution in [-0.4, -0.2) is 43.3 Å². The summed E-state index contributed by atoms with van der Waals surface area (Å²) in [7, 11) is -3.61. The first-order chi connectivity index (χ1) is 15.3. The Morgan fingerprint density at radius 1 is 1.16 bits per heavy atom. The van der Waals surface area contributed by atoms with Crippen LogP contribution < -0.4 is 5.32 Å². The molecule has 32 heavy (non-hydrogen) atoms. The van der Waals surface area contributed by atoms with E-state index in [0.717, 1.165) is 22.9 Å². The van der Waals surface area contributed by atoms with E-state index >= 15 is 0 Å². The number of hydrogen-bond donors (Lipinski definition) is 1. The molecule has 0 aliphatic carbocycles.